The Morgan fingerprint density at radius 1 is 0.768 bits per heavy atom. The number of anilines is 2. The summed E-state index contributed by atoms with van der Waals surface area (Å²) >= 11 is -2.19. The lowest BCUT2D eigenvalue weighted by atomic mass is 10.0. The fourth-order valence-electron chi connectivity index (χ4n) is 5.03. The Bertz CT molecular complexity index is 2510. The van der Waals surface area contributed by atoms with Crippen LogP contribution in [-0.4, -0.2) is 58.8 Å². The van der Waals surface area contributed by atoms with Gasteiger partial charge in [-0.2, -0.15) is 0 Å². The summed E-state index contributed by atoms with van der Waals surface area (Å²) in [5, 5.41) is 44.9. The van der Waals surface area contributed by atoms with E-state index in [4.69, 9.17) is 19.1 Å². The van der Waals surface area contributed by atoms with Crippen LogP contribution in [0.25, 0.3) is 0 Å². The molecule has 0 fully saturated rings. The first-order valence-corrected chi connectivity index (χ1v) is 23.2. The molecule has 10 N–H and O–H groups in total. The molecule has 4 aromatic rings. The smallest absolute Gasteiger partial charge is 0.269 e. The van der Waals surface area contributed by atoms with Crippen LogP contribution < -0.4 is 31.5 Å². The third-order valence-electron chi connectivity index (χ3n) is 7.89. The maximum absolute atomic E-state index is 11.9. The predicted octanol–water partition coefficient (Wildman–Crippen LogP) is 3.64. The van der Waals surface area contributed by atoms with Gasteiger partial charge in [0.15, 0.2) is 43.3 Å². The molecule has 0 aromatic carbocycles. The van der Waals surface area contributed by atoms with Crippen molar-refractivity contribution in [2.45, 2.75) is 68.5 Å². The highest BCUT2D eigenvalue weighted by atomic mass is 32.3. The minimum Gasteiger partial charge on any atom is -0.504 e. The first-order valence-electron chi connectivity index (χ1n) is 16.2. The second-order valence-corrected chi connectivity index (χ2v) is 19.4. The average molecular weight is 891 g/mol. The van der Waals surface area contributed by atoms with E-state index in [2.05, 4.69) is 38.9 Å². The summed E-state index contributed by atoms with van der Waals surface area (Å²) in [6.45, 7) is 11.6. The van der Waals surface area contributed by atoms with Gasteiger partial charge in [-0.15, -0.1) is 40.3 Å². The molecule has 0 radical (unpaired) electrons. The standard InChI is InChI=1S/C16H21N5O5S3.C14H17N5O5S3/c1-7(2)12(11-5-8(3)9(4)26-11)19-15-14(20-28(23)21-15)18-10-6-27-16(13(10)22)29(17,24)25;1-3-8(10-5-4-7(2)24-10)16-12-13(19-26(21)18-12)17-9-6-25-14(11(9)20)27(15,22)23/h5-7,12,22H,1-4H3,(H,18,20)(H,19,21)(H2,17,24,25);4-6,8,20H,3H2,1-2H3,(H,16,18)(H,17,19)(H2,15,22,23)/t12-,28?;8-,26?/m11/s1. The number of furan rings is 2. The van der Waals surface area contributed by atoms with Gasteiger partial charge in [-0.1, -0.05) is 20.8 Å². The van der Waals surface area contributed by atoms with E-state index in [0.717, 1.165) is 39.8 Å². The van der Waals surface area contributed by atoms with Gasteiger partial charge < -0.3 is 40.3 Å². The Balaban J connectivity index is 0.000000215. The highest BCUT2D eigenvalue weighted by molar-refractivity contribution is 7.91. The van der Waals surface area contributed by atoms with E-state index in [1.807, 2.05) is 59.7 Å². The lowest BCUT2D eigenvalue weighted by Crippen LogP contribution is -2.38. The molecule has 304 valence electrons. The largest absolute Gasteiger partial charge is 0.504 e. The van der Waals surface area contributed by atoms with E-state index >= 15 is 0 Å². The van der Waals surface area contributed by atoms with Crippen LogP contribution in [0.15, 0.2) is 63.8 Å². The van der Waals surface area contributed by atoms with Crippen molar-refractivity contribution < 1.29 is 44.3 Å². The van der Waals surface area contributed by atoms with E-state index in [0.29, 0.717) is 17.9 Å². The van der Waals surface area contributed by atoms with Gasteiger partial charge in [0.2, 0.25) is 0 Å². The van der Waals surface area contributed by atoms with Crippen molar-refractivity contribution in [1.82, 2.24) is 10.6 Å². The van der Waals surface area contributed by atoms with E-state index in [9.17, 15) is 35.5 Å². The lowest BCUT2D eigenvalue weighted by molar-refractivity contribution is 0.369. The van der Waals surface area contributed by atoms with E-state index in [-0.39, 0.29) is 61.1 Å². The molecule has 0 spiro atoms. The number of nitrogens with two attached hydrogens (primary N) is 2. The molecule has 56 heavy (non-hydrogen) atoms. The Morgan fingerprint density at radius 2 is 1.25 bits per heavy atom. The number of hydrogen-bond acceptors (Lipinski definition) is 16. The monoisotopic (exact) mass is 890 g/mol. The maximum atomic E-state index is 11.9. The molecular formula is C30H38N10O10S6. The number of nitrogens with one attached hydrogen (secondary N) is 4. The Morgan fingerprint density at radius 3 is 1.62 bits per heavy atom. The minimum atomic E-state index is -4.07. The van der Waals surface area contributed by atoms with Crippen LogP contribution in [0.1, 0.15) is 67.9 Å². The molecule has 0 saturated carbocycles. The van der Waals surface area contributed by atoms with Crippen molar-refractivity contribution in [3.8, 4) is 11.5 Å². The van der Waals surface area contributed by atoms with Crippen LogP contribution in [0.2, 0.25) is 0 Å². The van der Waals surface area contributed by atoms with Gasteiger partial charge in [-0.05, 0) is 56.9 Å². The molecule has 0 aliphatic carbocycles. The van der Waals surface area contributed by atoms with Crippen molar-refractivity contribution in [2.24, 2.45) is 33.8 Å². The van der Waals surface area contributed by atoms with Crippen molar-refractivity contribution in [2.75, 3.05) is 10.6 Å². The van der Waals surface area contributed by atoms with E-state index < -0.39 is 53.9 Å². The van der Waals surface area contributed by atoms with Crippen LogP contribution in [0.3, 0.4) is 0 Å². The average Bonchev–Trinajstić information content (AvgIpc) is 3.95. The summed E-state index contributed by atoms with van der Waals surface area (Å²) in [5.41, 5.74) is 1.14. The first-order chi connectivity index (χ1) is 26.2. The summed E-state index contributed by atoms with van der Waals surface area (Å²) in [5.74, 6) is 2.59. The number of rotatable bonds is 10. The third-order valence-corrected chi connectivity index (χ3v) is 14.2. The summed E-state index contributed by atoms with van der Waals surface area (Å²) in [6.07, 6.45) is 0.658. The molecule has 0 amide bonds. The second kappa shape index (κ2) is 17.0. The van der Waals surface area contributed by atoms with E-state index in [1.54, 1.807) is 0 Å². The zero-order valence-electron chi connectivity index (χ0n) is 30.4. The van der Waals surface area contributed by atoms with Gasteiger partial charge >= 0.3 is 0 Å². The summed E-state index contributed by atoms with van der Waals surface area (Å²) in [4.78, 5) is 0. The predicted molar refractivity (Wildman–Crippen MR) is 216 cm³/mol. The Hall–Kier alpha value is -4.44. The topological polar surface area (TPSA) is 319 Å². The Kier molecular flexibility index (Phi) is 12.9. The second-order valence-electron chi connectivity index (χ2n) is 12.4. The Labute approximate surface area is 334 Å². The number of amidine groups is 4. The highest BCUT2D eigenvalue weighted by Crippen LogP contribution is 2.38. The molecule has 2 aliphatic heterocycles. The molecule has 0 bridgehead atoms. The number of hydrogen-bond donors (Lipinski definition) is 8. The molecule has 2 unspecified atom stereocenters. The molecule has 6 rings (SSSR count). The molecule has 4 aromatic heterocycles. The zero-order chi connectivity index (χ0) is 41.3. The SMILES string of the molecule is CC[C@@H](NC1=NS(=O)N=C1Nc1csc(S(N)(=O)=O)c1O)c1ccc(C)o1.Cc1cc([C@H](NC2=NS(=O)N=C2Nc2csc(S(N)(=O)=O)c2O)C(C)C)oc1C. The molecule has 2 aliphatic rings. The molecular weight excluding hydrogens is 853 g/mol. The number of aromatic hydroxyl groups is 2. The van der Waals surface area contributed by atoms with Gasteiger partial charge in [-0.25, -0.2) is 35.5 Å². The number of nitrogens with zero attached hydrogens (tertiary/aromatic N) is 4. The van der Waals surface area contributed by atoms with Gasteiger partial charge in [0.05, 0.1) is 23.5 Å². The van der Waals surface area contributed by atoms with Crippen LogP contribution in [0, 0.1) is 26.7 Å². The van der Waals surface area contributed by atoms with Crippen LogP contribution in [-0.2, 0) is 42.4 Å². The van der Waals surface area contributed by atoms with Crippen LogP contribution in [0.5, 0.6) is 11.5 Å². The van der Waals surface area contributed by atoms with E-state index in [1.165, 1.54) is 10.8 Å². The molecule has 6 heterocycles. The molecule has 26 heteroatoms. The molecule has 0 saturated heterocycles. The third kappa shape index (κ3) is 9.92. The first kappa shape index (κ1) is 42.7. The van der Waals surface area contributed by atoms with Crippen LogP contribution in [0.4, 0.5) is 11.4 Å². The van der Waals surface area contributed by atoms with Gasteiger partial charge in [0.25, 0.3) is 42.4 Å². The number of sulfonamides is 2. The van der Waals surface area contributed by atoms with Crippen molar-refractivity contribution in [3.63, 3.8) is 0 Å². The number of aryl methyl sites for hydroxylation is 3. The summed E-state index contributed by atoms with van der Waals surface area (Å²) in [7, 11) is -8.13. The maximum Gasteiger partial charge on any atom is 0.269 e. The van der Waals surface area contributed by atoms with Gasteiger partial charge in [0, 0.05) is 10.8 Å². The number of thiophene rings is 2. The minimum absolute atomic E-state index is 0.0666. The highest BCUT2D eigenvalue weighted by Gasteiger charge is 2.30. The summed E-state index contributed by atoms with van der Waals surface area (Å²) < 4.78 is 95.9. The normalized spacial score (nSPS) is 18.0. The van der Waals surface area contributed by atoms with Crippen LogP contribution >= 0.6 is 22.7 Å². The van der Waals surface area contributed by atoms with Gasteiger partial charge in [0.1, 0.15) is 23.0 Å². The fraction of sp³-hybridized carbons (Fsp3) is 0.333. The quantitative estimate of drug-likeness (QED) is 0.113. The summed E-state index contributed by atoms with van der Waals surface area (Å²) in [6, 6.07) is 5.07. The molecule has 20 nitrogen and oxygen atoms in total. The zero-order valence-corrected chi connectivity index (χ0v) is 35.3. The van der Waals surface area contributed by atoms with Gasteiger partial charge in [-0.3, -0.25) is 0 Å². The van der Waals surface area contributed by atoms with Crippen molar-refractivity contribution in [3.05, 3.63) is 57.6 Å². The lowest BCUT2D eigenvalue weighted by Gasteiger charge is -2.21. The molecule has 4 atom stereocenters. The van der Waals surface area contributed by atoms with Crippen molar-refractivity contribution in [1.29, 1.82) is 0 Å². The van der Waals surface area contributed by atoms with Crippen molar-refractivity contribution >= 4 is 99.8 Å². The number of primary sulfonamides is 2. The fourth-order valence-corrected chi connectivity index (χ4v) is 9.64.